The van der Waals surface area contributed by atoms with E-state index in [1.165, 1.54) is 4.68 Å². The Hall–Kier alpha value is -4.16. The Balaban J connectivity index is 1.63. The van der Waals surface area contributed by atoms with Gasteiger partial charge >= 0.3 is 0 Å². The quantitative estimate of drug-likeness (QED) is 0.395. The molecule has 9 heteroatoms. The summed E-state index contributed by atoms with van der Waals surface area (Å²) in [6.45, 7) is 3.29. The fourth-order valence-corrected chi connectivity index (χ4v) is 4.01. The van der Waals surface area contributed by atoms with E-state index in [-0.39, 0.29) is 17.6 Å². The van der Waals surface area contributed by atoms with Crippen molar-refractivity contribution in [3.05, 3.63) is 65.7 Å². The molecule has 0 spiro atoms. The topological polar surface area (TPSA) is 132 Å². The standard InChI is InChI=1S/C24H25N7O2/c1-2-3-14-30-15-6-7-18(30)23-29-20(21(22(25)32)31(23)26)16-9-11-17(12-10-16)24(33)28-19-8-4-5-13-27-19/h4-5,8-13,18H,6-7,14-15,26H2,1H3,(H2,25,32)(H,27,28,33). The number of anilines is 1. The zero-order valence-corrected chi connectivity index (χ0v) is 18.3. The summed E-state index contributed by atoms with van der Waals surface area (Å²) in [5.74, 6) is 12.4. The SMILES string of the molecule is CC#CCN1CCCC1c1nc(-c2ccc(C(=O)Nc3ccccn3)cc2)c(C(N)=O)n1N. The molecule has 3 aromatic rings. The highest BCUT2D eigenvalue weighted by Crippen LogP contribution is 2.33. The number of likely N-dealkylation sites (tertiary alicyclic amines) is 1. The molecule has 1 aliphatic rings. The van der Waals surface area contributed by atoms with Crippen LogP contribution in [0.15, 0.2) is 48.7 Å². The van der Waals surface area contributed by atoms with Crippen LogP contribution in [0.4, 0.5) is 5.82 Å². The predicted octanol–water partition coefficient (Wildman–Crippen LogP) is 2.17. The maximum Gasteiger partial charge on any atom is 0.269 e. The van der Waals surface area contributed by atoms with Gasteiger partial charge in [-0.3, -0.25) is 14.5 Å². The largest absolute Gasteiger partial charge is 0.364 e. The van der Waals surface area contributed by atoms with Crippen LogP contribution in [-0.2, 0) is 0 Å². The molecule has 0 saturated carbocycles. The fraction of sp³-hybridized carbons (Fsp3) is 0.250. The van der Waals surface area contributed by atoms with Gasteiger partial charge in [0, 0.05) is 17.3 Å². The van der Waals surface area contributed by atoms with Crippen LogP contribution in [0.2, 0.25) is 0 Å². The van der Waals surface area contributed by atoms with Gasteiger partial charge in [-0.15, -0.1) is 5.92 Å². The number of rotatable bonds is 6. The molecule has 33 heavy (non-hydrogen) atoms. The van der Waals surface area contributed by atoms with Crippen molar-refractivity contribution in [3.63, 3.8) is 0 Å². The second-order valence-electron chi connectivity index (χ2n) is 7.70. The normalized spacial score (nSPS) is 15.6. The number of hydrogen-bond donors (Lipinski definition) is 3. The molecule has 1 saturated heterocycles. The second kappa shape index (κ2) is 9.54. The van der Waals surface area contributed by atoms with E-state index in [0.29, 0.717) is 35.0 Å². The van der Waals surface area contributed by atoms with Crippen LogP contribution < -0.4 is 16.9 Å². The van der Waals surface area contributed by atoms with Crippen molar-refractivity contribution in [1.82, 2.24) is 19.5 Å². The number of amides is 2. The van der Waals surface area contributed by atoms with Crippen molar-refractivity contribution in [2.24, 2.45) is 5.73 Å². The molecule has 1 fully saturated rings. The Morgan fingerprint density at radius 1 is 1.21 bits per heavy atom. The molecule has 1 aromatic carbocycles. The third-order valence-electron chi connectivity index (χ3n) is 5.62. The minimum absolute atomic E-state index is 0.0499. The summed E-state index contributed by atoms with van der Waals surface area (Å²) in [6.07, 6.45) is 3.46. The van der Waals surface area contributed by atoms with E-state index in [1.54, 1.807) is 55.6 Å². The van der Waals surface area contributed by atoms with E-state index < -0.39 is 5.91 Å². The maximum atomic E-state index is 12.5. The number of aromatic nitrogens is 3. The van der Waals surface area contributed by atoms with E-state index in [1.807, 2.05) is 0 Å². The summed E-state index contributed by atoms with van der Waals surface area (Å²) < 4.78 is 1.29. The van der Waals surface area contributed by atoms with E-state index in [9.17, 15) is 9.59 Å². The van der Waals surface area contributed by atoms with Crippen LogP contribution in [0.25, 0.3) is 11.3 Å². The first-order chi connectivity index (χ1) is 16.0. The van der Waals surface area contributed by atoms with E-state index in [0.717, 1.165) is 19.4 Å². The van der Waals surface area contributed by atoms with Gasteiger partial charge < -0.3 is 16.9 Å². The number of benzene rings is 1. The first-order valence-electron chi connectivity index (χ1n) is 10.6. The number of nitrogens with one attached hydrogen (secondary N) is 1. The average Bonchev–Trinajstić information content (AvgIpc) is 3.42. The first-order valence-corrected chi connectivity index (χ1v) is 10.6. The molecule has 1 atom stereocenters. The Morgan fingerprint density at radius 3 is 2.67 bits per heavy atom. The Morgan fingerprint density at radius 2 is 2.00 bits per heavy atom. The second-order valence-corrected chi connectivity index (χ2v) is 7.70. The first kappa shape index (κ1) is 22.0. The van der Waals surface area contributed by atoms with Gasteiger partial charge in [0.05, 0.1) is 12.6 Å². The molecular formula is C24H25N7O2. The van der Waals surface area contributed by atoms with Crippen LogP contribution in [0.1, 0.15) is 52.5 Å². The number of imidazole rings is 1. The lowest BCUT2D eigenvalue weighted by atomic mass is 10.1. The van der Waals surface area contributed by atoms with Gasteiger partial charge in [-0.25, -0.2) is 14.6 Å². The monoisotopic (exact) mass is 443 g/mol. The summed E-state index contributed by atoms with van der Waals surface area (Å²) in [5, 5.41) is 2.74. The lowest BCUT2D eigenvalue weighted by molar-refractivity contribution is 0.0991. The van der Waals surface area contributed by atoms with Crippen LogP contribution >= 0.6 is 0 Å². The van der Waals surface area contributed by atoms with Crippen LogP contribution in [0.5, 0.6) is 0 Å². The number of nitrogens with two attached hydrogens (primary N) is 2. The summed E-state index contributed by atoms with van der Waals surface area (Å²) in [5.41, 5.74) is 7.26. The molecule has 3 heterocycles. The molecule has 2 amide bonds. The molecule has 5 N–H and O–H groups in total. The third-order valence-corrected chi connectivity index (χ3v) is 5.62. The maximum absolute atomic E-state index is 12.5. The van der Waals surface area contributed by atoms with E-state index >= 15 is 0 Å². The summed E-state index contributed by atoms with van der Waals surface area (Å²) in [4.78, 5) is 35.8. The Labute approximate surface area is 191 Å². The molecule has 0 bridgehead atoms. The van der Waals surface area contributed by atoms with Gasteiger partial charge in [0.15, 0.2) is 5.69 Å². The highest BCUT2D eigenvalue weighted by atomic mass is 16.2. The van der Waals surface area contributed by atoms with Crippen LogP contribution in [-0.4, -0.2) is 44.4 Å². The Bertz CT molecular complexity index is 1220. The number of nitrogens with zero attached hydrogens (tertiary/aromatic N) is 4. The highest BCUT2D eigenvalue weighted by Gasteiger charge is 2.32. The minimum Gasteiger partial charge on any atom is -0.364 e. The van der Waals surface area contributed by atoms with Crippen molar-refractivity contribution < 1.29 is 9.59 Å². The van der Waals surface area contributed by atoms with Gasteiger partial charge in [-0.05, 0) is 50.6 Å². The molecule has 1 unspecified atom stereocenters. The van der Waals surface area contributed by atoms with Gasteiger partial charge in [0.1, 0.15) is 17.3 Å². The van der Waals surface area contributed by atoms with Crippen molar-refractivity contribution in [2.45, 2.75) is 25.8 Å². The number of pyridine rings is 1. The molecule has 0 aliphatic carbocycles. The fourth-order valence-electron chi connectivity index (χ4n) is 4.01. The molecule has 9 nitrogen and oxygen atoms in total. The number of nitrogen functional groups attached to an aromatic ring is 1. The van der Waals surface area contributed by atoms with Crippen molar-refractivity contribution in [3.8, 4) is 23.1 Å². The average molecular weight is 444 g/mol. The Kier molecular flexibility index (Phi) is 6.38. The highest BCUT2D eigenvalue weighted by molar-refractivity contribution is 6.04. The summed E-state index contributed by atoms with van der Waals surface area (Å²) >= 11 is 0. The number of hydrogen-bond acceptors (Lipinski definition) is 6. The lowest BCUT2D eigenvalue weighted by Gasteiger charge is -2.21. The van der Waals surface area contributed by atoms with Crippen molar-refractivity contribution in [1.29, 1.82) is 0 Å². The molecule has 0 radical (unpaired) electrons. The lowest BCUT2D eigenvalue weighted by Crippen LogP contribution is -2.30. The number of primary amides is 1. The van der Waals surface area contributed by atoms with Crippen LogP contribution in [0, 0.1) is 11.8 Å². The zero-order valence-electron chi connectivity index (χ0n) is 18.3. The van der Waals surface area contributed by atoms with E-state index in [2.05, 4.69) is 27.0 Å². The molecular weight excluding hydrogens is 418 g/mol. The van der Waals surface area contributed by atoms with Gasteiger partial charge in [-0.2, -0.15) is 0 Å². The molecule has 1 aliphatic heterocycles. The molecule has 2 aromatic heterocycles. The van der Waals surface area contributed by atoms with Crippen molar-refractivity contribution in [2.75, 3.05) is 24.2 Å². The van der Waals surface area contributed by atoms with E-state index in [4.69, 9.17) is 16.6 Å². The van der Waals surface area contributed by atoms with Crippen molar-refractivity contribution >= 4 is 17.6 Å². The summed E-state index contributed by atoms with van der Waals surface area (Å²) in [6, 6.07) is 12.0. The predicted molar refractivity (Wildman–Crippen MR) is 126 cm³/mol. The van der Waals surface area contributed by atoms with Gasteiger partial charge in [0.2, 0.25) is 0 Å². The summed E-state index contributed by atoms with van der Waals surface area (Å²) in [7, 11) is 0. The molecule has 4 rings (SSSR count). The number of carbonyl (C=O) groups excluding carboxylic acids is 2. The third kappa shape index (κ3) is 4.56. The van der Waals surface area contributed by atoms with Crippen LogP contribution in [0.3, 0.4) is 0 Å². The molecule has 168 valence electrons. The smallest absolute Gasteiger partial charge is 0.269 e. The zero-order chi connectivity index (χ0) is 23.4. The van der Waals surface area contributed by atoms with Gasteiger partial charge in [-0.1, -0.05) is 24.1 Å². The minimum atomic E-state index is -0.666. The van der Waals surface area contributed by atoms with Gasteiger partial charge in [0.25, 0.3) is 11.8 Å². The number of carbonyl (C=O) groups is 2.